The number of hydrogen-bond acceptors (Lipinski definition) is 4. The van der Waals surface area contributed by atoms with Gasteiger partial charge in [-0.25, -0.2) is 0 Å². The summed E-state index contributed by atoms with van der Waals surface area (Å²) in [7, 11) is 0. The Kier molecular flexibility index (Phi) is 4.73. The van der Waals surface area contributed by atoms with E-state index < -0.39 is 0 Å². The van der Waals surface area contributed by atoms with Gasteiger partial charge in [-0.2, -0.15) is 0 Å². The first-order chi connectivity index (χ1) is 12.1. The predicted octanol–water partition coefficient (Wildman–Crippen LogP) is 3.94. The molecule has 2 aromatic rings. The van der Waals surface area contributed by atoms with E-state index >= 15 is 0 Å². The van der Waals surface area contributed by atoms with Gasteiger partial charge in [0, 0.05) is 23.5 Å². The molecular weight excluding hydrogens is 356 g/mol. The number of thioether (sulfide) groups is 1. The maximum Gasteiger partial charge on any atom is 0.233 e. The van der Waals surface area contributed by atoms with Crippen LogP contribution in [0.3, 0.4) is 0 Å². The van der Waals surface area contributed by atoms with Gasteiger partial charge in [0.2, 0.25) is 5.91 Å². The first-order valence-corrected chi connectivity index (χ1v) is 10.0. The summed E-state index contributed by atoms with van der Waals surface area (Å²) in [6, 6.07) is 8.05. The van der Waals surface area contributed by atoms with Crippen LogP contribution >= 0.6 is 23.4 Å². The molecule has 0 aliphatic heterocycles. The van der Waals surface area contributed by atoms with Crippen molar-refractivity contribution in [2.45, 2.75) is 61.5 Å². The van der Waals surface area contributed by atoms with Crippen molar-refractivity contribution in [1.82, 2.24) is 20.1 Å². The van der Waals surface area contributed by atoms with Crippen LogP contribution in [0.25, 0.3) is 0 Å². The molecule has 1 atom stereocenters. The molecule has 2 saturated carbocycles. The van der Waals surface area contributed by atoms with Crippen molar-refractivity contribution >= 4 is 29.3 Å². The second-order valence-corrected chi connectivity index (χ2v) is 8.56. The van der Waals surface area contributed by atoms with E-state index in [2.05, 4.69) is 20.1 Å². The van der Waals surface area contributed by atoms with Gasteiger partial charge in [0.15, 0.2) is 5.16 Å². The average molecular weight is 377 g/mol. The highest BCUT2D eigenvalue weighted by molar-refractivity contribution is 8.00. The molecule has 0 bridgehead atoms. The molecule has 1 N–H and O–H groups in total. The fraction of sp³-hybridized carbons (Fsp3) is 0.500. The van der Waals surface area contributed by atoms with Crippen molar-refractivity contribution in [2.24, 2.45) is 0 Å². The Labute approximate surface area is 156 Å². The lowest BCUT2D eigenvalue weighted by Gasteiger charge is -2.13. The molecule has 25 heavy (non-hydrogen) atoms. The highest BCUT2D eigenvalue weighted by Gasteiger charge is 2.37. The molecular formula is C18H21ClN4OS. The lowest BCUT2D eigenvalue weighted by Crippen LogP contribution is -2.30. The number of nitrogens with zero attached hydrogens (tertiary/aromatic N) is 3. The fourth-order valence-corrected chi connectivity index (χ4v) is 3.89. The average Bonchev–Trinajstić information content (AvgIpc) is 3.53. The van der Waals surface area contributed by atoms with Gasteiger partial charge >= 0.3 is 0 Å². The molecule has 0 radical (unpaired) electrons. The number of halogens is 1. The SMILES string of the molecule is CC(Sc1nnc(C2CC2)n1C1CC1)C(=O)NCc1ccc(Cl)cc1. The highest BCUT2D eigenvalue weighted by Crippen LogP contribution is 2.46. The third-order valence-electron chi connectivity index (χ3n) is 4.58. The number of carbonyl (C=O) groups is 1. The summed E-state index contributed by atoms with van der Waals surface area (Å²) in [6.45, 7) is 2.42. The third kappa shape index (κ3) is 4.01. The molecule has 1 aromatic heterocycles. The number of rotatable bonds is 7. The highest BCUT2D eigenvalue weighted by atomic mass is 35.5. The Balaban J connectivity index is 1.37. The van der Waals surface area contributed by atoms with E-state index in [1.165, 1.54) is 37.4 Å². The summed E-state index contributed by atoms with van der Waals surface area (Å²) in [5, 5.41) is 13.1. The molecule has 0 saturated heterocycles. The van der Waals surface area contributed by atoms with Gasteiger partial charge in [0.25, 0.3) is 0 Å². The molecule has 5 nitrogen and oxygen atoms in total. The van der Waals surface area contributed by atoms with Crippen molar-refractivity contribution in [1.29, 1.82) is 0 Å². The maximum atomic E-state index is 12.4. The Morgan fingerprint density at radius 2 is 2.00 bits per heavy atom. The number of amides is 1. The van der Waals surface area contributed by atoms with Crippen LogP contribution < -0.4 is 5.32 Å². The quantitative estimate of drug-likeness (QED) is 0.743. The molecule has 2 aliphatic rings. The van der Waals surface area contributed by atoms with E-state index in [0.29, 0.717) is 23.5 Å². The topological polar surface area (TPSA) is 59.8 Å². The monoisotopic (exact) mass is 376 g/mol. The zero-order valence-corrected chi connectivity index (χ0v) is 15.7. The van der Waals surface area contributed by atoms with Crippen molar-refractivity contribution in [3.05, 3.63) is 40.7 Å². The minimum absolute atomic E-state index is 0.0123. The number of benzene rings is 1. The lowest BCUT2D eigenvalue weighted by molar-refractivity contribution is -0.120. The van der Waals surface area contributed by atoms with Crippen LogP contribution in [0, 0.1) is 0 Å². The zero-order valence-electron chi connectivity index (χ0n) is 14.1. The molecule has 132 valence electrons. The lowest BCUT2D eigenvalue weighted by atomic mass is 10.2. The van der Waals surface area contributed by atoms with Gasteiger partial charge in [0.05, 0.1) is 5.25 Å². The van der Waals surface area contributed by atoms with Gasteiger partial charge in [-0.1, -0.05) is 35.5 Å². The fourth-order valence-electron chi connectivity index (χ4n) is 2.81. The van der Waals surface area contributed by atoms with Crippen LogP contribution in [0.15, 0.2) is 29.4 Å². The summed E-state index contributed by atoms with van der Waals surface area (Å²) in [5.41, 5.74) is 1.03. The van der Waals surface area contributed by atoms with Gasteiger partial charge < -0.3 is 9.88 Å². The minimum Gasteiger partial charge on any atom is -0.351 e. The van der Waals surface area contributed by atoms with Crippen molar-refractivity contribution in [2.75, 3.05) is 0 Å². The number of aromatic nitrogens is 3. The smallest absolute Gasteiger partial charge is 0.233 e. The van der Waals surface area contributed by atoms with Crippen LogP contribution in [0.4, 0.5) is 0 Å². The molecule has 7 heteroatoms. The minimum atomic E-state index is -0.207. The molecule has 4 rings (SSSR count). The van der Waals surface area contributed by atoms with Gasteiger partial charge in [-0.15, -0.1) is 10.2 Å². The Morgan fingerprint density at radius 3 is 2.64 bits per heavy atom. The zero-order chi connectivity index (χ0) is 17.4. The van der Waals surface area contributed by atoms with E-state index in [4.69, 9.17) is 11.6 Å². The molecule has 1 heterocycles. The first-order valence-electron chi connectivity index (χ1n) is 8.75. The second kappa shape index (κ2) is 7.00. The van der Waals surface area contributed by atoms with Gasteiger partial charge in [0.1, 0.15) is 5.82 Å². The summed E-state index contributed by atoms with van der Waals surface area (Å²) in [6.07, 6.45) is 4.82. The summed E-state index contributed by atoms with van der Waals surface area (Å²) in [4.78, 5) is 12.4. The molecule has 1 amide bonds. The molecule has 2 fully saturated rings. The molecule has 1 aromatic carbocycles. The molecule has 1 unspecified atom stereocenters. The number of carbonyl (C=O) groups excluding carboxylic acids is 1. The number of hydrogen-bond donors (Lipinski definition) is 1. The van der Waals surface area contributed by atoms with Crippen LogP contribution in [0.2, 0.25) is 5.02 Å². The van der Waals surface area contributed by atoms with Crippen LogP contribution in [0.5, 0.6) is 0 Å². The van der Waals surface area contributed by atoms with E-state index in [1.54, 1.807) is 0 Å². The number of nitrogens with one attached hydrogen (secondary N) is 1. The van der Waals surface area contributed by atoms with Gasteiger partial charge in [-0.05, 0) is 50.3 Å². The summed E-state index contributed by atoms with van der Waals surface area (Å²) >= 11 is 7.39. The predicted molar refractivity (Wildman–Crippen MR) is 98.9 cm³/mol. The largest absolute Gasteiger partial charge is 0.351 e. The first kappa shape index (κ1) is 16.9. The summed E-state index contributed by atoms with van der Waals surface area (Å²) < 4.78 is 2.28. The van der Waals surface area contributed by atoms with E-state index in [1.807, 2.05) is 31.2 Å². The van der Waals surface area contributed by atoms with Crippen molar-refractivity contribution < 1.29 is 4.79 Å². The normalized spacial score (nSPS) is 18.2. The third-order valence-corrected chi connectivity index (χ3v) is 5.89. The van der Waals surface area contributed by atoms with Crippen LogP contribution in [-0.4, -0.2) is 25.9 Å². The van der Waals surface area contributed by atoms with Gasteiger partial charge in [-0.3, -0.25) is 4.79 Å². The maximum absolute atomic E-state index is 12.4. The Hall–Kier alpha value is -1.53. The second-order valence-electron chi connectivity index (χ2n) is 6.82. The van der Waals surface area contributed by atoms with Crippen LogP contribution in [0.1, 0.15) is 56.0 Å². The Morgan fingerprint density at radius 1 is 1.28 bits per heavy atom. The summed E-state index contributed by atoms with van der Waals surface area (Å²) in [5.74, 6) is 1.72. The molecule has 2 aliphatic carbocycles. The van der Waals surface area contributed by atoms with Crippen LogP contribution in [-0.2, 0) is 11.3 Å². The molecule has 0 spiro atoms. The van der Waals surface area contributed by atoms with E-state index in [-0.39, 0.29) is 11.2 Å². The Bertz CT molecular complexity index is 768. The van der Waals surface area contributed by atoms with E-state index in [9.17, 15) is 4.79 Å². The van der Waals surface area contributed by atoms with Crippen molar-refractivity contribution in [3.63, 3.8) is 0 Å². The van der Waals surface area contributed by atoms with Crippen molar-refractivity contribution in [3.8, 4) is 0 Å². The van der Waals surface area contributed by atoms with E-state index in [0.717, 1.165) is 16.5 Å². The standard InChI is InChI=1S/C18H21ClN4OS/c1-11(17(24)20-10-12-2-6-14(19)7-3-12)25-18-22-21-16(13-4-5-13)23(18)15-8-9-15/h2-3,6-7,11,13,15H,4-5,8-10H2,1H3,(H,20,24).